The third-order valence-electron chi connectivity index (χ3n) is 4.94. The molecule has 2 aliphatic heterocycles. The number of fused-ring (bicyclic) bond motifs is 2. The molecular formula is C17H18N8O2. The number of hydrogen-bond donors (Lipinski definition) is 2. The van der Waals surface area contributed by atoms with Gasteiger partial charge in [0.05, 0.1) is 19.4 Å². The van der Waals surface area contributed by atoms with E-state index in [9.17, 15) is 4.79 Å². The van der Waals surface area contributed by atoms with Gasteiger partial charge in [0.2, 0.25) is 11.9 Å². The summed E-state index contributed by atoms with van der Waals surface area (Å²) in [4.78, 5) is 27.9. The van der Waals surface area contributed by atoms with E-state index < -0.39 is 0 Å². The van der Waals surface area contributed by atoms with Gasteiger partial charge in [-0.2, -0.15) is 15.1 Å². The van der Waals surface area contributed by atoms with Crippen molar-refractivity contribution >= 4 is 29.1 Å². The molecule has 1 fully saturated rings. The molecule has 0 bridgehead atoms. The number of carbonyl (C=O) groups is 1. The van der Waals surface area contributed by atoms with E-state index in [2.05, 4.69) is 25.4 Å². The minimum atomic E-state index is -0.292. The molecule has 0 radical (unpaired) electrons. The molecule has 10 nitrogen and oxygen atoms in total. The van der Waals surface area contributed by atoms with Crippen molar-refractivity contribution < 1.29 is 9.53 Å². The van der Waals surface area contributed by atoms with Gasteiger partial charge in [0.25, 0.3) is 0 Å². The van der Waals surface area contributed by atoms with Crippen LogP contribution in [0.1, 0.15) is 23.5 Å². The predicted octanol–water partition coefficient (Wildman–Crippen LogP) is 0.412. The predicted molar refractivity (Wildman–Crippen MR) is 97.6 cm³/mol. The molecule has 0 saturated carbocycles. The van der Waals surface area contributed by atoms with Crippen LogP contribution < -0.4 is 16.0 Å². The molecule has 27 heavy (non-hydrogen) atoms. The van der Waals surface area contributed by atoms with E-state index in [0.717, 1.165) is 5.56 Å². The van der Waals surface area contributed by atoms with Crippen LogP contribution >= 0.6 is 0 Å². The van der Waals surface area contributed by atoms with Crippen molar-refractivity contribution in [2.75, 3.05) is 42.3 Å². The first-order valence-electron chi connectivity index (χ1n) is 8.79. The number of carbonyl (C=O) groups excluding carboxylic acids is 1. The Morgan fingerprint density at radius 2 is 2.11 bits per heavy atom. The maximum absolute atomic E-state index is 12.4. The number of ether oxygens (including phenoxy) is 1. The highest BCUT2D eigenvalue weighted by Gasteiger charge is 2.33. The van der Waals surface area contributed by atoms with E-state index in [1.54, 1.807) is 23.0 Å². The third-order valence-corrected chi connectivity index (χ3v) is 4.94. The molecule has 5 heterocycles. The Balaban J connectivity index is 1.61. The van der Waals surface area contributed by atoms with Gasteiger partial charge in [-0.05, 0) is 6.07 Å². The number of hydrogen-bond acceptors (Lipinski definition) is 8. The first kappa shape index (κ1) is 15.9. The summed E-state index contributed by atoms with van der Waals surface area (Å²) in [6.45, 7) is 2.61. The maximum Gasteiger partial charge on any atom is 0.229 e. The van der Waals surface area contributed by atoms with Crippen molar-refractivity contribution in [1.82, 2.24) is 24.6 Å². The van der Waals surface area contributed by atoms with Crippen LogP contribution in [-0.2, 0) is 9.53 Å². The van der Waals surface area contributed by atoms with E-state index in [4.69, 9.17) is 10.5 Å². The minimum Gasteiger partial charge on any atom is -0.383 e. The van der Waals surface area contributed by atoms with Crippen molar-refractivity contribution in [3.05, 3.63) is 35.8 Å². The summed E-state index contributed by atoms with van der Waals surface area (Å²) in [5.74, 6) is 0.921. The second-order valence-electron chi connectivity index (χ2n) is 6.56. The molecular weight excluding hydrogens is 348 g/mol. The Labute approximate surface area is 154 Å². The molecule has 5 rings (SSSR count). The van der Waals surface area contributed by atoms with Crippen LogP contribution in [0.2, 0.25) is 0 Å². The molecule has 10 heteroatoms. The molecule has 1 saturated heterocycles. The Hall–Kier alpha value is -3.27. The quantitative estimate of drug-likeness (QED) is 0.668. The van der Waals surface area contributed by atoms with Gasteiger partial charge >= 0.3 is 0 Å². The number of nitrogens with one attached hydrogen (secondary N) is 1. The number of rotatable bonds is 2. The van der Waals surface area contributed by atoms with Crippen LogP contribution in [0.3, 0.4) is 0 Å². The zero-order valence-corrected chi connectivity index (χ0v) is 14.5. The Bertz CT molecular complexity index is 1030. The highest BCUT2D eigenvalue weighted by molar-refractivity contribution is 5.95. The molecule has 3 N–H and O–H groups in total. The van der Waals surface area contributed by atoms with Gasteiger partial charge in [-0.3, -0.25) is 4.79 Å². The van der Waals surface area contributed by atoms with Gasteiger partial charge in [0.1, 0.15) is 11.6 Å². The van der Waals surface area contributed by atoms with Gasteiger partial charge in [0, 0.05) is 48.9 Å². The zero-order valence-electron chi connectivity index (χ0n) is 14.5. The maximum atomic E-state index is 12.4. The van der Waals surface area contributed by atoms with Crippen LogP contribution in [0.15, 0.2) is 24.7 Å². The lowest BCUT2D eigenvalue weighted by Crippen LogP contribution is -2.38. The number of nitrogens with two attached hydrogens (primary N) is 1. The number of nitrogen functional groups attached to an aromatic ring is 1. The standard InChI is InChI=1S/C17H18N8O2/c18-14-13-10(11-9-20-25-3-1-2-19-16(11)25)8-12(26)21-15(13)23-17(22-14)24-4-6-27-7-5-24/h1-3,9-10H,4-8H2,(H3,18,21,22,23,26)/t10-/m1/s1. The SMILES string of the molecule is Nc1nc(N2CCOCC2)nc2c1[C@@H](c1cnn3cccnc13)CC(=O)N2. The molecule has 0 spiro atoms. The fourth-order valence-corrected chi connectivity index (χ4v) is 3.65. The average Bonchev–Trinajstić information content (AvgIpc) is 3.11. The lowest BCUT2D eigenvalue weighted by molar-refractivity contribution is -0.116. The number of amides is 1. The highest BCUT2D eigenvalue weighted by Crippen LogP contribution is 2.40. The molecule has 0 aliphatic carbocycles. The Morgan fingerprint density at radius 3 is 2.96 bits per heavy atom. The topological polar surface area (TPSA) is 124 Å². The van der Waals surface area contributed by atoms with Gasteiger partial charge < -0.3 is 20.7 Å². The van der Waals surface area contributed by atoms with Crippen LogP contribution in [0.5, 0.6) is 0 Å². The number of nitrogens with zero attached hydrogens (tertiary/aromatic N) is 6. The first-order valence-corrected chi connectivity index (χ1v) is 8.79. The van der Waals surface area contributed by atoms with Crippen LogP contribution in [0, 0.1) is 0 Å². The fraction of sp³-hybridized carbons (Fsp3) is 0.353. The van der Waals surface area contributed by atoms with E-state index in [1.165, 1.54) is 0 Å². The number of morpholine rings is 1. The summed E-state index contributed by atoms with van der Waals surface area (Å²) >= 11 is 0. The van der Waals surface area contributed by atoms with Crippen molar-refractivity contribution in [2.24, 2.45) is 0 Å². The Kier molecular flexibility index (Phi) is 3.64. The molecule has 1 atom stereocenters. The van der Waals surface area contributed by atoms with Gasteiger partial charge in [-0.15, -0.1) is 0 Å². The molecule has 1 amide bonds. The van der Waals surface area contributed by atoms with Crippen LogP contribution in [0.25, 0.3) is 5.65 Å². The van der Waals surface area contributed by atoms with Gasteiger partial charge in [-0.25, -0.2) is 9.50 Å². The van der Waals surface area contributed by atoms with Crippen molar-refractivity contribution in [3.63, 3.8) is 0 Å². The lowest BCUT2D eigenvalue weighted by atomic mass is 9.87. The second kappa shape index (κ2) is 6.16. The van der Waals surface area contributed by atoms with Crippen LogP contribution in [0.4, 0.5) is 17.6 Å². The van der Waals surface area contributed by atoms with E-state index >= 15 is 0 Å². The smallest absolute Gasteiger partial charge is 0.229 e. The van der Waals surface area contributed by atoms with E-state index in [0.29, 0.717) is 55.1 Å². The van der Waals surface area contributed by atoms with Crippen molar-refractivity contribution in [3.8, 4) is 0 Å². The molecule has 0 unspecified atom stereocenters. The molecule has 0 aromatic carbocycles. The van der Waals surface area contributed by atoms with Crippen LogP contribution in [-0.4, -0.2) is 56.8 Å². The van der Waals surface area contributed by atoms with Crippen molar-refractivity contribution in [1.29, 1.82) is 0 Å². The Morgan fingerprint density at radius 1 is 1.26 bits per heavy atom. The van der Waals surface area contributed by atoms with E-state index in [-0.39, 0.29) is 18.2 Å². The summed E-state index contributed by atoms with van der Waals surface area (Å²) in [7, 11) is 0. The summed E-state index contributed by atoms with van der Waals surface area (Å²) < 4.78 is 7.05. The normalized spacial score (nSPS) is 19.8. The lowest BCUT2D eigenvalue weighted by Gasteiger charge is -2.30. The fourth-order valence-electron chi connectivity index (χ4n) is 3.65. The monoisotopic (exact) mass is 366 g/mol. The zero-order chi connectivity index (χ0) is 18.4. The summed E-state index contributed by atoms with van der Waals surface area (Å²) in [5.41, 5.74) is 8.57. The molecule has 3 aromatic heterocycles. The summed E-state index contributed by atoms with van der Waals surface area (Å²) in [6.07, 6.45) is 5.49. The largest absolute Gasteiger partial charge is 0.383 e. The van der Waals surface area contributed by atoms with E-state index in [1.807, 2.05) is 11.1 Å². The van der Waals surface area contributed by atoms with Crippen molar-refractivity contribution in [2.45, 2.75) is 12.3 Å². The minimum absolute atomic E-state index is 0.117. The van der Waals surface area contributed by atoms with Gasteiger partial charge in [-0.1, -0.05) is 0 Å². The van der Waals surface area contributed by atoms with Gasteiger partial charge in [0.15, 0.2) is 5.65 Å². The number of anilines is 3. The second-order valence-corrected chi connectivity index (χ2v) is 6.56. The third kappa shape index (κ3) is 2.65. The molecule has 2 aliphatic rings. The first-order chi connectivity index (χ1) is 13.2. The highest BCUT2D eigenvalue weighted by atomic mass is 16.5. The summed E-state index contributed by atoms with van der Waals surface area (Å²) in [6, 6.07) is 1.80. The number of aromatic nitrogens is 5. The summed E-state index contributed by atoms with van der Waals surface area (Å²) in [5, 5.41) is 7.18. The molecule has 3 aromatic rings. The molecule has 138 valence electrons. The average molecular weight is 366 g/mol.